The lowest BCUT2D eigenvalue weighted by Crippen LogP contribution is -2.38. The molecular weight excluding hydrogens is 228 g/mol. The smallest absolute Gasteiger partial charge is 0.147 e. The molecule has 0 spiro atoms. The topological polar surface area (TPSA) is 75.3 Å². The zero-order valence-corrected chi connectivity index (χ0v) is 10.1. The summed E-state index contributed by atoms with van der Waals surface area (Å²) in [5.74, 6) is 0.825. The lowest BCUT2D eigenvalue weighted by atomic mass is 10.1. The van der Waals surface area contributed by atoms with Gasteiger partial charge in [0.25, 0.3) is 0 Å². The minimum absolute atomic E-state index is 0.261. The molecule has 0 saturated carbocycles. The molecule has 1 aliphatic rings. The van der Waals surface area contributed by atoms with Crippen LogP contribution in [0.2, 0.25) is 0 Å². The van der Waals surface area contributed by atoms with E-state index in [2.05, 4.69) is 14.9 Å². The van der Waals surface area contributed by atoms with E-state index in [9.17, 15) is 5.11 Å². The molecule has 0 unspecified atom stereocenters. The van der Waals surface area contributed by atoms with Crippen LogP contribution in [0.3, 0.4) is 0 Å². The fraction of sp³-hybridized carbons (Fsp3) is 0.385. The molecule has 2 aromatic rings. The van der Waals surface area contributed by atoms with Crippen LogP contribution in [-0.2, 0) is 0 Å². The average Bonchev–Trinajstić information content (AvgIpc) is 2.38. The van der Waals surface area contributed by atoms with Gasteiger partial charge in [-0.3, -0.25) is 4.98 Å². The summed E-state index contributed by atoms with van der Waals surface area (Å²) >= 11 is 0. The van der Waals surface area contributed by atoms with Crippen LogP contribution >= 0.6 is 0 Å². The Morgan fingerprint density at radius 2 is 2.22 bits per heavy atom. The first kappa shape index (κ1) is 11.2. The normalized spacial score (nSPS) is 20.3. The van der Waals surface area contributed by atoms with E-state index in [1.807, 2.05) is 18.2 Å². The van der Waals surface area contributed by atoms with Crippen LogP contribution in [0, 0.1) is 0 Å². The van der Waals surface area contributed by atoms with Crippen LogP contribution in [0.5, 0.6) is 0 Å². The lowest BCUT2D eigenvalue weighted by molar-refractivity contribution is 0.154. The summed E-state index contributed by atoms with van der Waals surface area (Å²) in [7, 11) is 0. The Hall–Kier alpha value is -1.88. The molecule has 5 heteroatoms. The molecule has 0 aliphatic carbocycles. The number of aliphatic hydroxyl groups excluding tert-OH is 1. The SMILES string of the molecule is Nc1ccc2nc(N3CCC[C@H](O)C3)cnc2c1. The highest BCUT2D eigenvalue weighted by Gasteiger charge is 2.19. The molecule has 18 heavy (non-hydrogen) atoms. The van der Waals surface area contributed by atoms with Gasteiger partial charge in [0.2, 0.25) is 0 Å². The zero-order valence-electron chi connectivity index (χ0n) is 10.1. The van der Waals surface area contributed by atoms with Crippen molar-refractivity contribution in [3.8, 4) is 0 Å². The van der Waals surface area contributed by atoms with E-state index in [1.165, 1.54) is 0 Å². The number of piperidine rings is 1. The van der Waals surface area contributed by atoms with Gasteiger partial charge in [0.05, 0.1) is 23.3 Å². The monoisotopic (exact) mass is 244 g/mol. The van der Waals surface area contributed by atoms with E-state index in [0.717, 1.165) is 36.2 Å². The molecule has 1 aromatic heterocycles. The molecule has 1 fully saturated rings. The van der Waals surface area contributed by atoms with Crippen LogP contribution < -0.4 is 10.6 Å². The van der Waals surface area contributed by atoms with Gasteiger partial charge in [0, 0.05) is 18.8 Å². The second-order valence-electron chi connectivity index (χ2n) is 4.72. The second kappa shape index (κ2) is 4.42. The van der Waals surface area contributed by atoms with E-state index >= 15 is 0 Å². The van der Waals surface area contributed by atoms with Crippen molar-refractivity contribution in [2.45, 2.75) is 18.9 Å². The molecule has 5 nitrogen and oxygen atoms in total. The maximum Gasteiger partial charge on any atom is 0.147 e. The molecule has 1 saturated heterocycles. The van der Waals surface area contributed by atoms with Gasteiger partial charge in [0.15, 0.2) is 0 Å². The summed E-state index contributed by atoms with van der Waals surface area (Å²) < 4.78 is 0. The van der Waals surface area contributed by atoms with Gasteiger partial charge >= 0.3 is 0 Å². The average molecular weight is 244 g/mol. The highest BCUT2D eigenvalue weighted by molar-refractivity contribution is 5.79. The number of aromatic nitrogens is 2. The summed E-state index contributed by atoms with van der Waals surface area (Å²) in [5.41, 5.74) is 8.04. The number of benzene rings is 1. The van der Waals surface area contributed by atoms with Crippen molar-refractivity contribution >= 4 is 22.5 Å². The van der Waals surface area contributed by atoms with Crippen molar-refractivity contribution in [3.63, 3.8) is 0 Å². The van der Waals surface area contributed by atoms with Gasteiger partial charge in [-0.05, 0) is 31.0 Å². The molecule has 1 aliphatic heterocycles. The fourth-order valence-corrected chi connectivity index (χ4v) is 2.33. The number of nitrogens with zero attached hydrogens (tertiary/aromatic N) is 3. The standard InChI is InChI=1S/C13H16N4O/c14-9-3-4-11-12(6-9)15-7-13(16-11)17-5-1-2-10(18)8-17/h3-4,6-7,10,18H,1-2,5,8,14H2/t10-/m0/s1. The number of β-amino-alcohol motifs (C(OH)–C–C–N with tert-alkyl or cyclic N) is 1. The van der Waals surface area contributed by atoms with Gasteiger partial charge in [-0.2, -0.15) is 0 Å². The third kappa shape index (κ3) is 2.09. The van der Waals surface area contributed by atoms with Crippen molar-refractivity contribution in [2.24, 2.45) is 0 Å². The Morgan fingerprint density at radius 1 is 1.33 bits per heavy atom. The van der Waals surface area contributed by atoms with Gasteiger partial charge in [-0.1, -0.05) is 0 Å². The summed E-state index contributed by atoms with van der Waals surface area (Å²) in [6, 6.07) is 5.52. The quantitative estimate of drug-likeness (QED) is 0.737. The van der Waals surface area contributed by atoms with E-state index in [1.54, 1.807) is 6.20 Å². The third-order valence-corrected chi connectivity index (χ3v) is 3.27. The summed E-state index contributed by atoms with van der Waals surface area (Å²) in [4.78, 5) is 11.0. The number of anilines is 2. The highest BCUT2D eigenvalue weighted by Crippen LogP contribution is 2.20. The minimum atomic E-state index is -0.261. The van der Waals surface area contributed by atoms with Crippen LogP contribution in [-0.4, -0.2) is 34.3 Å². The molecular formula is C13H16N4O. The minimum Gasteiger partial charge on any atom is -0.399 e. The number of hydrogen-bond donors (Lipinski definition) is 2. The number of nitrogen functional groups attached to an aromatic ring is 1. The first-order valence-corrected chi connectivity index (χ1v) is 6.18. The predicted octanol–water partition coefficient (Wildman–Crippen LogP) is 1.17. The highest BCUT2D eigenvalue weighted by atomic mass is 16.3. The first-order chi connectivity index (χ1) is 8.72. The van der Waals surface area contributed by atoms with E-state index in [4.69, 9.17) is 5.73 Å². The Labute approximate surface area is 105 Å². The number of hydrogen-bond acceptors (Lipinski definition) is 5. The number of aliphatic hydroxyl groups is 1. The Kier molecular flexibility index (Phi) is 2.76. The summed E-state index contributed by atoms with van der Waals surface area (Å²) in [6.45, 7) is 1.56. The summed E-state index contributed by atoms with van der Waals surface area (Å²) in [6.07, 6.45) is 3.35. The van der Waals surface area contributed by atoms with Gasteiger partial charge in [-0.25, -0.2) is 4.98 Å². The largest absolute Gasteiger partial charge is 0.399 e. The van der Waals surface area contributed by atoms with Crippen molar-refractivity contribution in [1.29, 1.82) is 0 Å². The van der Waals surface area contributed by atoms with E-state index in [0.29, 0.717) is 12.2 Å². The number of nitrogens with two attached hydrogens (primary N) is 1. The fourth-order valence-electron chi connectivity index (χ4n) is 2.33. The molecule has 2 heterocycles. The maximum absolute atomic E-state index is 9.68. The maximum atomic E-state index is 9.68. The third-order valence-electron chi connectivity index (χ3n) is 3.27. The summed E-state index contributed by atoms with van der Waals surface area (Å²) in [5, 5.41) is 9.68. The molecule has 0 radical (unpaired) electrons. The van der Waals surface area contributed by atoms with E-state index in [-0.39, 0.29) is 6.10 Å². The molecule has 94 valence electrons. The molecule has 3 rings (SSSR count). The second-order valence-corrected chi connectivity index (χ2v) is 4.72. The van der Waals surface area contributed by atoms with Crippen LogP contribution in [0.15, 0.2) is 24.4 Å². The lowest BCUT2D eigenvalue weighted by Gasteiger charge is -2.30. The van der Waals surface area contributed by atoms with Gasteiger partial charge < -0.3 is 15.7 Å². The molecule has 3 N–H and O–H groups in total. The van der Waals surface area contributed by atoms with Crippen molar-refractivity contribution in [3.05, 3.63) is 24.4 Å². The number of rotatable bonds is 1. The van der Waals surface area contributed by atoms with E-state index < -0.39 is 0 Å². The predicted molar refractivity (Wildman–Crippen MR) is 71.4 cm³/mol. The van der Waals surface area contributed by atoms with Crippen LogP contribution in [0.1, 0.15) is 12.8 Å². The Balaban J connectivity index is 1.95. The van der Waals surface area contributed by atoms with Crippen molar-refractivity contribution in [1.82, 2.24) is 9.97 Å². The first-order valence-electron chi connectivity index (χ1n) is 6.18. The zero-order chi connectivity index (χ0) is 12.5. The van der Waals surface area contributed by atoms with Gasteiger partial charge in [0.1, 0.15) is 5.82 Å². The Bertz CT molecular complexity index is 572. The molecule has 0 bridgehead atoms. The number of fused-ring (bicyclic) bond motifs is 1. The van der Waals surface area contributed by atoms with Crippen molar-refractivity contribution in [2.75, 3.05) is 23.7 Å². The van der Waals surface area contributed by atoms with Crippen LogP contribution in [0.25, 0.3) is 11.0 Å². The van der Waals surface area contributed by atoms with Gasteiger partial charge in [-0.15, -0.1) is 0 Å². The molecule has 1 aromatic carbocycles. The van der Waals surface area contributed by atoms with Crippen LogP contribution in [0.4, 0.5) is 11.5 Å². The molecule has 1 atom stereocenters. The molecule has 0 amide bonds. The van der Waals surface area contributed by atoms with Crippen molar-refractivity contribution < 1.29 is 5.11 Å². The Morgan fingerprint density at radius 3 is 3.06 bits per heavy atom.